The molecule has 2 fully saturated rings. The van der Waals surface area contributed by atoms with Crippen molar-refractivity contribution < 1.29 is 9.59 Å². The summed E-state index contributed by atoms with van der Waals surface area (Å²) in [7, 11) is 0. The predicted molar refractivity (Wildman–Crippen MR) is 111 cm³/mol. The van der Waals surface area contributed by atoms with Crippen molar-refractivity contribution in [1.82, 2.24) is 9.80 Å². The first-order valence-electron chi connectivity index (χ1n) is 9.81. The lowest BCUT2D eigenvalue weighted by Crippen LogP contribution is -2.33. The van der Waals surface area contributed by atoms with Crippen LogP contribution in [0.5, 0.6) is 0 Å². The van der Waals surface area contributed by atoms with E-state index in [2.05, 4.69) is 35.6 Å². The summed E-state index contributed by atoms with van der Waals surface area (Å²) in [6.07, 6.45) is 3.34. The topological polar surface area (TPSA) is 66.6 Å². The maximum atomic E-state index is 12.9. The van der Waals surface area contributed by atoms with E-state index in [1.54, 1.807) is 6.07 Å². The summed E-state index contributed by atoms with van der Waals surface area (Å²) in [5.41, 5.74) is 7.27. The first-order chi connectivity index (χ1) is 13.5. The summed E-state index contributed by atoms with van der Waals surface area (Å²) >= 11 is 1.30. The van der Waals surface area contributed by atoms with Gasteiger partial charge in [-0.05, 0) is 49.8 Å². The van der Waals surface area contributed by atoms with Crippen LogP contribution in [0.2, 0.25) is 0 Å². The fraction of sp³-hybridized carbons (Fsp3) is 0.409. The molecule has 0 saturated carbocycles. The van der Waals surface area contributed by atoms with E-state index in [1.165, 1.54) is 16.9 Å². The van der Waals surface area contributed by atoms with E-state index in [4.69, 9.17) is 5.73 Å². The first-order valence-corrected chi connectivity index (χ1v) is 10.6. The zero-order chi connectivity index (χ0) is 19.7. The molecule has 0 aliphatic carbocycles. The van der Waals surface area contributed by atoms with Crippen molar-refractivity contribution in [3.63, 3.8) is 0 Å². The van der Waals surface area contributed by atoms with Gasteiger partial charge in [-0.3, -0.25) is 9.59 Å². The normalized spacial score (nSPS) is 21.8. The van der Waals surface area contributed by atoms with Gasteiger partial charge in [-0.15, -0.1) is 11.3 Å². The largest absolute Gasteiger partial charge is 0.365 e. The van der Waals surface area contributed by atoms with Gasteiger partial charge >= 0.3 is 0 Å². The van der Waals surface area contributed by atoms with Gasteiger partial charge in [0, 0.05) is 31.1 Å². The Labute approximate surface area is 170 Å². The van der Waals surface area contributed by atoms with Crippen LogP contribution in [0.3, 0.4) is 0 Å². The van der Waals surface area contributed by atoms with Crippen LogP contribution in [-0.4, -0.2) is 54.3 Å². The van der Waals surface area contributed by atoms with Crippen LogP contribution in [0.4, 0.5) is 0 Å². The van der Waals surface area contributed by atoms with Crippen molar-refractivity contribution in [1.29, 1.82) is 0 Å². The molecular weight excluding hydrogens is 370 g/mol. The second-order valence-corrected chi connectivity index (χ2v) is 9.09. The van der Waals surface area contributed by atoms with Gasteiger partial charge in [0.15, 0.2) is 0 Å². The van der Waals surface area contributed by atoms with E-state index in [1.807, 2.05) is 17.9 Å². The molecule has 147 valence electrons. The highest BCUT2D eigenvalue weighted by Gasteiger charge is 2.41. The fourth-order valence-electron chi connectivity index (χ4n) is 4.43. The first kappa shape index (κ1) is 19.2. The van der Waals surface area contributed by atoms with Crippen molar-refractivity contribution in [3.8, 4) is 0 Å². The number of aryl methyl sites for hydroxylation is 1. The molecule has 1 aromatic heterocycles. The number of amides is 2. The molecule has 2 aromatic rings. The zero-order valence-corrected chi connectivity index (χ0v) is 17.0. The SMILES string of the molecule is Cc1sc(C(N)=O)cc1C(=O)N1CC2CN(CC[CH]c3ccccc3)C[C@H]2C1. The number of hydrogen-bond acceptors (Lipinski definition) is 4. The number of primary amides is 1. The van der Waals surface area contributed by atoms with Crippen LogP contribution in [0.25, 0.3) is 0 Å². The summed E-state index contributed by atoms with van der Waals surface area (Å²) in [5, 5.41) is 0. The number of thiophene rings is 1. The minimum atomic E-state index is -0.464. The molecule has 4 rings (SSSR count). The second kappa shape index (κ2) is 8.05. The van der Waals surface area contributed by atoms with Crippen LogP contribution >= 0.6 is 11.3 Å². The fourth-order valence-corrected chi connectivity index (χ4v) is 5.29. The quantitative estimate of drug-likeness (QED) is 0.816. The predicted octanol–water partition coefficient (Wildman–Crippen LogP) is 2.80. The molecule has 3 heterocycles. The molecule has 5 nitrogen and oxygen atoms in total. The average Bonchev–Trinajstić information content (AvgIpc) is 3.35. The van der Waals surface area contributed by atoms with Crippen LogP contribution < -0.4 is 5.73 Å². The van der Waals surface area contributed by atoms with E-state index in [0.717, 1.165) is 44.0 Å². The lowest BCUT2D eigenvalue weighted by molar-refractivity contribution is 0.0774. The minimum Gasteiger partial charge on any atom is -0.365 e. The molecule has 2 amide bonds. The molecule has 1 unspecified atom stereocenters. The number of nitrogens with two attached hydrogens (primary N) is 1. The zero-order valence-electron chi connectivity index (χ0n) is 16.1. The van der Waals surface area contributed by atoms with Crippen molar-refractivity contribution >= 4 is 23.2 Å². The van der Waals surface area contributed by atoms with Crippen LogP contribution in [0.15, 0.2) is 36.4 Å². The van der Waals surface area contributed by atoms with Gasteiger partial charge in [0.25, 0.3) is 11.8 Å². The Hall–Kier alpha value is -2.18. The molecule has 1 aromatic carbocycles. The highest BCUT2D eigenvalue weighted by atomic mass is 32.1. The van der Waals surface area contributed by atoms with E-state index in [9.17, 15) is 9.59 Å². The summed E-state index contributed by atoms with van der Waals surface area (Å²) in [5.74, 6) is 0.679. The molecule has 2 saturated heterocycles. The Morgan fingerprint density at radius 3 is 2.43 bits per heavy atom. The Morgan fingerprint density at radius 2 is 1.82 bits per heavy atom. The summed E-state index contributed by atoms with van der Waals surface area (Å²) < 4.78 is 0. The lowest BCUT2D eigenvalue weighted by Gasteiger charge is -2.21. The van der Waals surface area contributed by atoms with Crippen molar-refractivity contribution in [2.45, 2.75) is 13.3 Å². The molecule has 6 heteroatoms. The van der Waals surface area contributed by atoms with Gasteiger partial charge in [-0.1, -0.05) is 30.3 Å². The number of carbonyl (C=O) groups is 2. The van der Waals surface area contributed by atoms with Crippen molar-refractivity contribution in [2.75, 3.05) is 32.7 Å². The molecule has 2 aliphatic rings. The number of carbonyl (C=O) groups excluding carboxylic acids is 2. The summed E-state index contributed by atoms with van der Waals surface area (Å²) in [6.45, 7) is 6.69. The molecule has 2 atom stereocenters. The van der Waals surface area contributed by atoms with Gasteiger partial charge < -0.3 is 15.5 Å². The number of rotatable bonds is 6. The van der Waals surface area contributed by atoms with Gasteiger partial charge in [0.2, 0.25) is 0 Å². The van der Waals surface area contributed by atoms with E-state index in [0.29, 0.717) is 22.3 Å². The third-order valence-electron chi connectivity index (χ3n) is 5.87. The van der Waals surface area contributed by atoms with E-state index >= 15 is 0 Å². The Balaban J connectivity index is 1.28. The average molecular weight is 397 g/mol. The molecule has 2 N–H and O–H groups in total. The van der Waals surface area contributed by atoms with Crippen molar-refractivity contribution in [2.24, 2.45) is 17.6 Å². The van der Waals surface area contributed by atoms with E-state index < -0.39 is 5.91 Å². The molecule has 0 spiro atoms. The van der Waals surface area contributed by atoms with Crippen LogP contribution in [0.1, 0.15) is 36.9 Å². The number of likely N-dealkylation sites (tertiary alicyclic amines) is 2. The van der Waals surface area contributed by atoms with Gasteiger partial charge in [-0.2, -0.15) is 0 Å². The highest BCUT2D eigenvalue weighted by molar-refractivity contribution is 7.14. The maximum absolute atomic E-state index is 12.9. The number of hydrogen-bond donors (Lipinski definition) is 1. The third-order valence-corrected chi connectivity index (χ3v) is 6.93. The molecular formula is C22H26N3O2S. The Morgan fingerprint density at radius 1 is 1.14 bits per heavy atom. The number of nitrogens with zero attached hydrogens (tertiary/aromatic N) is 2. The van der Waals surface area contributed by atoms with E-state index in [-0.39, 0.29) is 5.91 Å². The molecule has 0 bridgehead atoms. The monoisotopic (exact) mass is 396 g/mol. The number of fused-ring (bicyclic) bond motifs is 1. The minimum absolute atomic E-state index is 0.0413. The number of benzene rings is 1. The maximum Gasteiger partial charge on any atom is 0.258 e. The standard InChI is InChI=1S/C22H26N3O2S/c1-15-19(10-20(28-15)21(23)26)22(27)25-13-17-11-24(12-18(17)14-25)9-5-8-16-6-3-2-4-7-16/h2-4,6-8,10,17-18H,5,9,11-14H2,1H3,(H2,23,26)/t17-,18?/m0/s1. The van der Waals surface area contributed by atoms with Gasteiger partial charge in [0.05, 0.1) is 10.4 Å². The smallest absolute Gasteiger partial charge is 0.258 e. The summed E-state index contributed by atoms with van der Waals surface area (Å²) in [4.78, 5) is 30.1. The van der Waals surface area contributed by atoms with Crippen LogP contribution in [0, 0.1) is 25.2 Å². The van der Waals surface area contributed by atoms with Crippen LogP contribution in [-0.2, 0) is 0 Å². The van der Waals surface area contributed by atoms with Crippen molar-refractivity contribution in [3.05, 3.63) is 63.7 Å². The van der Waals surface area contributed by atoms with Gasteiger partial charge in [0.1, 0.15) is 0 Å². The molecule has 1 radical (unpaired) electrons. The summed E-state index contributed by atoms with van der Waals surface area (Å²) in [6, 6.07) is 12.1. The highest BCUT2D eigenvalue weighted by Crippen LogP contribution is 2.33. The Kier molecular flexibility index (Phi) is 5.51. The molecule has 28 heavy (non-hydrogen) atoms. The van der Waals surface area contributed by atoms with Gasteiger partial charge in [-0.25, -0.2) is 0 Å². The second-order valence-electron chi connectivity index (χ2n) is 7.84. The Bertz CT molecular complexity index is 850. The molecule has 2 aliphatic heterocycles. The lowest BCUT2D eigenvalue weighted by atomic mass is 10.0. The third kappa shape index (κ3) is 3.98.